The topological polar surface area (TPSA) is 51.8 Å². The Morgan fingerprint density at radius 2 is 2.31 bits per heavy atom. The van der Waals surface area contributed by atoms with Gasteiger partial charge in [0.05, 0.1) is 0 Å². The first-order valence-corrected chi connectivity index (χ1v) is 6.33. The molecule has 6 heteroatoms. The number of anilines is 1. The van der Waals surface area contributed by atoms with Crippen LogP contribution < -0.4 is 5.73 Å². The molecule has 2 aromatic rings. The van der Waals surface area contributed by atoms with E-state index in [0.717, 1.165) is 21.5 Å². The number of rotatable bonds is 3. The molecule has 3 nitrogen and oxygen atoms in total. The Morgan fingerprint density at radius 1 is 1.50 bits per heavy atom. The summed E-state index contributed by atoms with van der Waals surface area (Å²) < 4.78 is 17.8. The second kappa shape index (κ2) is 4.80. The minimum atomic E-state index is -0.326. The molecule has 0 atom stereocenters. The molecule has 0 aliphatic carbocycles. The maximum absolute atomic E-state index is 12.8. The van der Waals surface area contributed by atoms with Crippen LogP contribution in [0.5, 0.6) is 0 Å². The highest BCUT2D eigenvalue weighted by atomic mass is 32.2. The molecule has 2 rings (SSSR count). The van der Waals surface area contributed by atoms with Crippen LogP contribution in [0.3, 0.4) is 0 Å². The molecule has 0 radical (unpaired) electrons. The second-order valence-electron chi connectivity index (χ2n) is 3.11. The van der Waals surface area contributed by atoms with Gasteiger partial charge in [0.15, 0.2) is 4.34 Å². The van der Waals surface area contributed by atoms with Crippen LogP contribution in [-0.2, 0) is 6.42 Å². The molecule has 0 saturated heterocycles. The van der Waals surface area contributed by atoms with E-state index in [-0.39, 0.29) is 5.82 Å². The molecule has 0 spiro atoms. The number of nitrogens with two attached hydrogens (primary N) is 1. The Bertz CT molecular complexity index is 499. The fraction of sp³-hybridized carbons (Fsp3) is 0.200. The number of aryl methyl sites for hydroxylation is 1. The van der Waals surface area contributed by atoms with Crippen molar-refractivity contribution < 1.29 is 4.39 Å². The lowest BCUT2D eigenvalue weighted by Gasteiger charge is -2.01. The van der Waals surface area contributed by atoms with E-state index < -0.39 is 0 Å². The van der Waals surface area contributed by atoms with Crippen molar-refractivity contribution in [2.45, 2.75) is 22.6 Å². The van der Waals surface area contributed by atoms with Crippen molar-refractivity contribution in [1.82, 2.24) is 9.36 Å². The SMILES string of the molecule is CCc1nsc(Sc2ccc(F)cc2N)n1. The van der Waals surface area contributed by atoms with Gasteiger partial charge in [-0.15, -0.1) is 0 Å². The smallest absolute Gasteiger partial charge is 0.174 e. The standard InChI is InChI=1S/C10H10FN3S2/c1-2-9-13-10(16-14-9)15-8-4-3-6(11)5-7(8)12/h3-5H,2,12H2,1H3. The van der Waals surface area contributed by atoms with E-state index in [2.05, 4.69) is 9.36 Å². The summed E-state index contributed by atoms with van der Waals surface area (Å²) in [5.41, 5.74) is 6.13. The van der Waals surface area contributed by atoms with Crippen LogP contribution in [0.25, 0.3) is 0 Å². The highest BCUT2D eigenvalue weighted by Gasteiger charge is 2.07. The molecule has 2 N–H and O–H groups in total. The highest BCUT2D eigenvalue weighted by Crippen LogP contribution is 2.33. The van der Waals surface area contributed by atoms with E-state index in [1.54, 1.807) is 6.07 Å². The van der Waals surface area contributed by atoms with E-state index in [4.69, 9.17) is 5.73 Å². The fourth-order valence-electron chi connectivity index (χ4n) is 1.13. The average molecular weight is 255 g/mol. The summed E-state index contributed by atoms with van der Waals surface area (Å²) in [6.07, 6.45) is 0.815. The lowest BCUT2D eigenvalue weighted by molar-refractivity contribution is 0.627. The monoisotopic (exact) mass is 255 g/mol. The van der Waals surface area contributed by atoms with Crippen molar-refractivity contribution in [3.63, 3.8) is 0 Å². The molecule has 0 aliphatic rings. The van der Waals surface area contributed by atoms with E-state index in [9.17, 15) is 4.39 Å². The van der Waals surface area contributed by atoms with Crippen molar-refractivity contribution in [2.24, 2.45) is 0 Å². The van der Waals surface area contributed by atoms with Gasteiger partial charge in [0.25, 0.3) is 0 Å². The average Bonchev–Trinajstić information content (AvgIpc) is 2.70. The van der Waals surface area contributed by atoms with Gasteiger partial charge in [-0.3, -0.25) is 0 Å². The first kappa shape index (κ1) is 11.3. The van der Waals surface area contributed by atoms with Gasteiger partial charge in [-0.2, -0.15) is 4.37 Å². The van der Waals surface area contributed by atoms with Crippen molar-refractivity contribution >= 4 is 29.0 Å². The second-order valence-corrected chi connectivity index (χ2v) is 5.16. The molecule has 0 aliphatic heterocycles. The molecule has 0 unspecified atom stereocenters. The van der Waals surface area contributed by atoms with Gasteiger partial charge < -0.3 is 5.73 Å². The maximum atomic E-state index is 12.8. The Kier molecular flexibility index (Phi) is 3.40. The van der Waals surface area contributed by atoms with Crippen LogP contribution in [0.1, 0.15) is 12.7 Å². The minimum absolute atomic E-state index is 0.326. The lowest BCUT2D eigenvalue weighted by Crippen LogP contribution is -1.89. The van der Waals surface area contributed by atoms with Gasteiger partial charge in [0, 0.05) is 17.0 Å². The third kappa shape index (κ3) is 2.51. The summed E-state index contributed by atoms with van der Waals surface area (Å²) in [5.74, 6) is 0.501. The number of benzene rings is 1. The van der Waals surface area contributed by atoms with Crippen LogP contribution >= 0.6 is 23.3 Å². The summed E-state index contributed by atoms with van der Waals surface area (Å²) in [6.45, 7) is 2.00. The van der Waals surface area contributed by atoms with Gasteiger partial charge in [0.1, 0.15) is 11.6 Å². The Hall–Kier alpha value is -1.14. The zero-order chi connectivity index (χ0) is 11.5. The summed E-state index contributed by atoms with van der Waals surface area (Å²) in [7, 11) is 0. The summed E-state index contributed by atoms with van der Waals surface area (Å²) in [4.78, 5) is 5.11. The van der Waals surface area contributed by atoms with Crippen molar-refractivity contribution in [3.8, 4) is 0 Å². The van der Waals surface area contributed by atoms with E-state index in [1.165, 1.54) is 35.4 Å². The number of hydrogen-bond acceptors (Lipinski definition) is 5. The van der Waals surface area contributed by atoms with Crippen molar-refractivity contribution in [2.75, 3.05) is 5.73 Å². The van der Waals surface area contributed by atoms with Crippen LogP contribution in [-0.4, -0.2) is 9.36 Å². The zero-order valence-electron chi connectivity index (χ0n) is 8.61. The molecule has 0 bridgehead atoms. The normalized spacial score (nSPS) is 10.6. The lowest BCUT2D eigenvalue weighted by atomic mass is 10.3. The van der Waals surface area contributed by atoms with Crippen molar-refractivity contribution in [3.05, 3.63) is 29.8 Å². The molecule has 0 fully saturated rings. The van der Waals surface area contributed by atoms with Crippen molar-refractivity contribution in [1.29, 1.82) is 0 Å². The van der Waals surface area contributed by atoms with E-state index in [1.807, 2.05) is 6.92 Å². The predicted octanol–water partition coefficient (Wildman–Crippen LogP) is 2.97. The molecular weight excluding hydrogens is 245 g/mol. The van der Waals surface area contributed by atoms with Crippen LogP contribution in [0.15, 0.2) is 27.4 Å². The molecule has 16 heavy (non-hydrogen) atoms. The quantitative estimate of drug-likeness (QED) is 0.857. The summed E-state index contributed by atoms with van der Waals surface area (Å²) in [5, 5.41) is 0. The van der Waals surface area contributed by atoms with Crippen LogP contribution in [0.2, 0.25) is 0 Å². The fourth-order valence-corrected chi connectivity index (χ4v) is 2.81. The van der Waals surface area contributed by atoms with Gasteiger partial charge in [-0.25, -0.2) is 9.37 Å². The Morgan fingerprint density at radius 3 is 2.94 bits per heavy atom. The number of aromatic nitrogens is 2. The number of halogens is 1. The summed E-state index contributed by atoms with van der Waals surface area (Å²) in [6, 6.07) is 4.35. The molecule has 0 saturated carbocycles. The highest BCUT2D eigenvalue weighted by molar-refractivity contribution is 8.01. The van der Waals surface area contributed by atoms with Gasteiger partial charge in [-0.05, 0) is 29.7 Å². The first-order valence-electron chi connectivity index (χ1n) is 4.74. The van der Waals surface area contributed by atoms with Gasteiger partial charge >= 0.3 is 0 Å². The largest absolute Gasteiger partial charge is 0.398 e. The third-order valence-electron chi connectivity index (χ3n) is 1.93. The van der Waals surface area contributed by atoms with Gasteiger partial charge in [0.2, 0.25) is 0 Å². The molecular formula is C10H10FN3S2. The van der Waals surface area contributed by atoms with Crippen LogP contribution in [0.4, 0.5) is 10.1 Å². The van der Waals surface area contributed by atoms with E-state index >= 15 is 0 Å². The Balaban J connectivity index is 2.20. The third-order valence-corrected chi connectivity index (χ3v) is 3.82. The Labute approximate surface area is 101 Å². The van der Waals surface area contributed by atoms with E-state index in [0.29, 0.717) is 5.69 Å². The van der Waals surface area contributed by atoms with Crippen LogP contribution in [0, 0.1) is 5.82 Å². The number of hydrogen-bond donors (Lipinski definition) is 1. The number of nitrogen functional groups attached to an aromatic ring is 1. The summed E-state index contributed by atoms with van der Waals surface area (Å²) >= 11 is 2.75. The zero-order valence-corrected chi connectivity index (χ0v) is 10.2. The molecule has 1 aromatic heterocycles. The van der Waals surface area contributed by atoms with Gasteiger partial charge in [-0.1, -0.05) is 18.7 Å². The first-order chi connectivity index (χ1) is 7.69. The predicted molar refractivity (Wildman–Crippen MR) is 64.2 cm³/mol. The molecule has 1 aromatic carbocycles. The molecule has 84 valence electrons. The molecule has 0 amide bonds. The minimum Gasteiger partial charge on any atom is -0.398 e. The number of nitrogens with zero attached hydrogens (tertiary/aromatic N) is 2. The maximum Gasteiger partial charge on any atom is 0.174 e. The molecule has 1 heterocycles.